The number of alkyl halides is 1. The van der Waals surface area contributed by atoms with E-state index in [-0.39, 0.29) is 10.7 Å². The maximum absolute atomic E-state index is 13.2. The highest BCUT2D eigenvalue weighted by Crippen LogP contribution is 2.50. The van der Waals surface area contributed by atoms with Gasteiger partial charge in [0.25, 0.3) is 0 Å². The molecule has 0 atom stereocenters. The summed E-state index contributed by atoms with van der Waals surface area (Å²) in [6.45, 7) is 1.84. The fraction of sp³-hybridized carbons (Fsp3) is 0.500. The summed E-state index contributed by atoms with van der Waals surface area (Å²) in [5.41, 5.74) is 1.13. The molecule has 2 fully saturated rings. The molecule has 21 heavy (non-hydrogen) atoms. The Bertz CT molecular complexity index is 674. The van der Waals surface area contributed by atoms with Crippen molar-refractivity contribution in [2.45, 2.75) is 31.9 Å². The van der Waals surface area contributed by atoms with Gasteiger partial charge in [-0.3, -0.25) is 0 Å². The van der Waals surface area contributed by atoms with Crippen LogP contribution in [-0.4, -0.2) is 29.2 Å². The van der Waals surface area contributed by atoms with Crippen molar-refractivity contribution in [1.82, 2.24) is 9.97 Å². The lowest BCUT2D eigenvalue weighted by molar-refractivity contribution is 0.00446. The van der Waals surface area contributed by atoms with E-state index in [4.69, 9.17) is 11.6 Å². The number of benzene rings is 1. The van der Waals surface area contributed by atoms with E-state index in [1.807, 2.05) is 24.3 Å². The number of piperidine rings is 1. The number of rotatable bonds is 1. The van der Waals surface area contributed by atoms with E-state index in [1.165, 1.54) is 0 Å². The molecule has 1 aromatic heterocycles. The minimum Gasteiger partial charge on any atom is -0.356 e. The lowest BCUT2D eigenvalue weighted by atomic mass is 9.62. The van der Waals surface area contributed by atoms with Gasteiger partial charge in [-0.2, -0.15) is 4.98 Å². The number of nitrogens with zero attached hydrogens (tertiary/aromatic N) is 3. The minimum atomic E-state index is -0.578. The maximum Gasteiger partial charge on any atom is 0.224 e. The van der Waals surface area contributed by atoms with Gasteiger partial charge in [-0.1, -0.05) is 12.1 Å². The fourth-order valence-electron chi connectivity index (χ4n) is 3.75. The smallest absolute Gasteiger partial charge is 0.224 e. The molecule has 0 bridgehead atoms. The number of para-hydroxylation sites is 1. The van der Waals surface area contributed by atoms with Crippen molar-refractivity contribution in [3.63, 3.8) is 0 Å². The summed E-state index contributed by atoms with van der Waals surface area (Å²) in [4.78, 5) is 11.0. The SMILES string of the molecule is FC1CC2(CCN(c3nc(Cl)nc4ccccc34)CC2)C1. The highest BCUT2D eigenvalue weighted by molar-refractivity contribution is 6.28. The molecule has 2 aromatic rings. The number of hydrogen-bond acceptors (Lipinski definition) is 3. The number of anilines is 1. The van der Waals surface area contributed by atoms with Crippen LogP contribution in [0.5, 0.6) is 0 Å². The number of hydrogen-bond donors (Lipinski definition) is 0. The molecule has 1 spiro atoms. The number of halogens is 2. The Balaban J connectivity index is 1.63. The molecule has 3 nitrogen and oxygen atoms in total. The predicted octanol–water partition coefficient (Wildman–Crippen LogP) is 4.00. The van der Waals surface area contributed by atoms with E-state index in [2.05, 4.69) is 14.9 Å². The van der Waals surface area contributed by atoms with Gasteiger partial charge in [0, 0.05) is 18.5 Å². The van der Waals surface area contributed by atoms with Crippen LogP contribution in [0.4, 0.5) is 10.2 Å². The standard InChI is InChI=1S/C16H17ClFN3/c17-15-19-13-4-2-1-3-12(13)14(20-15)21-7-5-16(6-8-21)9-11(18)10-16/h1-4,11H,5-10H2. The topological polar surface area (TPSA) is 29.0 Å². The largest absolute Gasteiger partial charge is 0.356 e. The summed E-state index contributed by atoms with van der Waals surface area (Å²) in [6.07, 6.45) is 3.00. The third-order valence-corrected chi connectivity index (χ3v) is 5.16. The Hall–Kier alpha value is -1.42. The zero-order valence-corrected chi connectivity index (χ0v) is 12.5. The zero-order chi connectivity index (χ0) is 14.4. The van der Waals surface area contributed by atoms with Gasteiger partial charge in [-0.05, 0) is 54.8 Å². The Labute approximate surface area is 128 Å². The molecule has 1 saturated heterocycles. The first-order valence-electron chi connectivity index (χ1n) is 7.47. The highest BCUT2D eigenvalue weighted by Gasteiger charge is 2.46. The van der Waals surface area contributed by atoms with Gasteiger partial charge >= 0.3 is 0 Å². The van der Waals surface area contributed by atoms with Crippen LogP contribution in [0.25, 0.3) is 10.9 Å². The number of aromatic nitrogens is 2. The average molecular weight is 306 g/mol. The van der Waals surface area contributed by atoms with Gasteiger partial charge in [0.05, 0.1) is 5.52 Å². The van der Waals surface area contributed by atoms with Crippen LogP contribution in [0.2, 0.25) is 5.28 Å². The zero-order valence-electron chi connectivity index (χ0n) is 11.7. The highest BCUT2D eigenvalue weighted by atomic mass is 35.5. The molecular weight excluding hydrogens is 289 g/mol. The molecule has 1 aliphatic heterocycles. The second-order valence-corrected chi connectivity index (χ2v) is 6.66. The van der Waals surface area contributed by atoms with E-state index >= 15 is 0 Å². The van der Waals surface area contributed by atoms with Crippen LogP contribution in [0, 0.1) is 5.41 Å². The Morgan fingerprint density at radius 3 is 2.57 bits per heavy atom. The fourth-order valence-corrected chi connectivity index (χ4v) is 3.93. The van der Waals surface area contributed by atoms with Crippen molar-refractivity contribution in [2.75, 3.05) is 18.0 Å². The third kappa shape index (κ3) is 2.26. The second kappa shape index (κ2) is 4.80. The van der Waals surface area contributed by atoms with Gasteiger partial charge in [0.1, 0.15) is 12.0 Å². The molecule has 4 rings (SSSR count). The van der Waals surface area contributed by atoms with Gasteiger partial charge in [0.2, 0.25) is 5.28 Å². The Kier molecular flexibility index (Phi) is 3.03. The van der Waals surface area contributed by atoms with E-state index in [0.717, 1.165) is 55.5 Å². The van der Waals surface area contributed by atoms with Crippen LogP contribution in [-0.2, 0) is 0 Å². The summed E-state index contributed by atoms with van der Waals surface area (Å²) in [7, 11) is 0. The summed E-state index contributed by atoms with van der Waals surface area (Å²) in [6, 6.07) is 7.94. The molecule has 1 aliphatic carbocycles. The maximum atomic E-state index is 13.2. The van der Waals surface area contributed by atoms with Crippen LogP contribution in [0.1, 0.15) is 25.7 Å². The molecule has 110 valence electrons. The first-order chi connectivity index (χ1) is 10.2. The molecule has 0 radical (unpaired) electrons. The van der Waals surface area contributed by atoms with E-state index in [1.54, 1.807) is 0 Å². The van der Waals surface area contributed by atoms with Gasteiger partial charge < -0.3 is 4.90 Å². The van der Waals surface area contributed by atoms with Crippen molar-refractivity contribution in [3.05, 3.63) is 29.5 Å². The molecule has 5 heteroatoms. The lowest BCUT2D eigenvalue weighted by Crippen LogP contribution is -2.48. The molecule has 2 heterocycles. The van der Waals surface area contributed by atoms with Gasteiger partial charge in [-0.15, -0.1) is 0 Å². The van der Waals surface area contributed by atoms with Crippen molar-refractivity contribution in [1.29, 1.82) is 0 Å². The van der Waals surface area contributed by atoms with Crippen LogP contribution in [0.15, 0.2) is 24.3 Å². The normalized spacial score (nSPS) is 21.7. The van der Waals surface area contributed by atoms with Crippen molar-refractivity contribution < 1.29 is 4.39 Å². The quantitative estimate of drug-likeness (QED) is 0.746. The minimum absolute atomic E-state index is 0.253. The van der Waals surface area contributed by atoms with Crippen LogP contribution >= 0.6 is 11.6 Å². The summed E-state index contributed by atoms with van der Waals surface area (Å²) >= 11 is 6.06. The molecule has 0 unspecified atom stereocenters. The molecule has 1 aromatic carbocycles. The van der Waals surface area contributed by atoms with Crippen LogP contribution in [0.3, 0.4) is 0 Å². The third-order valence-electron chi connectivity index (χ3n) is 4.99. The summed E-state index contributed by atoms with van der Waals surface area (Å²) in [5.74, 6) is 0.913. The van der Waals surface area contributed by atoms with E-state index < -0.39 is 6.17 Å². The first kappa shape index (κ1) is 13.3. The van der Waals surface area contributed by atoms with E-state index in [9.17, 15) is 4.39 Å². The molecule has 0 amide bonds. The summed E-state index contributed by atoms with van der Waals surface area (Å²) < 4.78 is 13.2. The Morgan fingerprint density at radius 2 is 1.86 bits per heavy atom. The van der Waals surface area contributed by atoms with Crippen molar-refractivity contribution in [3.8, 4) is 0 Å². The predicted molar refractivity (Wildman–Crippen MR) is 82.6 cm³/mol. The first-order valence-corrected chi connectivity index (χ1v) is 7.84. The Morgan fingerprint density at radius 1 is 1.14 bits per heavy atom. The molecule has 0 N–H and O–H groups in total. The van der Waals surface area contributed by atoms with Gasteiger partial charge in [0.15, 0.2) is 0 Å². The van der Waals surface area contributed by atoms with Crippen LogP contribution < -0.4 is 4.90 Å². The number of fused-ring (bicyclic) bond motifs is 1. The van der Waals surface area contributed by atoms with Gasteiger partial charge in [-0.25, -0.2) is 9.37 Å². The molecule has 2 aliphatic rings. The summed E-state index contributed by atoms with van der Waals surface area (Å²) in [5, 5.41) is 1.33. The average Bonchev–Trinajstić information content (AvgIpc) is 2.46. The second-order valence-electron chi connectivity index (χ2n) is 6.33. The van der Waals surface area contributed by atoms with Crippen molar-refractivity contribution >= 4 is 28.3 Å². The molecular formula is C16H17ClFN3. The van der Waals surface area contributed by atoms with Crippen molar-refractivity contribution in [2.24, 2.45) is 5.41 Å². The lowest BCUT2D eigenvalue weighted by Gasteiger charge is -2.49. The van der Waals surface area contributed by atoms with E-state index in [0.29, 0.717) is 0 Å². The monoisotopic (exact) mass is 305 g/mol. The molecule has 1 saturated carbocycles.